The molecule has 0 heterocycles. The first-order valence-electron chi connectivity index (χ1n) is 5.29. The normalized spacial score (nSPS) is 9.94. The Morgan fingerprint density at radius 1 is 1.06 bits per heavy atom. The van der Waals surface area contributed by atoms with E-state index in [2.05, 4.69) is 0 Å². The molecule has 0 unspecified atom stereocenters. The molecule has 17 heavy (non-hydrogen) atoms. The molecular formula is C14H13NO2. The summed E-state index contributed by atoms with van der Waals surface area (Å²) in [4.78, 5) is 12.7. The molecule has 2 aromatic carbocycles. The highest BCUT2D eigenvalue weighted by molar-refractivity contribution is 5.82. The zero-order valence-electron chi connectivity index (χ0n) is 9.50. The Bertz CT molecular complexity index is 523. The van der Waals surface area contributed by atoms with E-state index in [9.17, 15) is 9.90 Å². The van der Waals surface area contributed by atoms with Gasteiger partial charge in [-0.15, -0.1) is 0 Å². The van der Waals surface area contributed by atoms with Crippen molar-refractivity contribution in [2.45, 2.75) is 0 Å². The quantitative estimate of drug-likeness (QED) is 0.819. The number of para-hydroxylation sites is 1. The molecule has 3 heteroatoms. The summed E-state index contributed by atoms with van der Waals surface area (Å²) < 4.78 is 0. The van der Waals surface area contributed by atoms with E-state index in [0.29, 0.717) is 11.8 Å². The van der Waals surface area contributed by atoms with Crippen LogP contribution in [0.4, 0.5) is 11.4 Å². The van der Waals surface area contributed by atoms with Crippen LogP contribution in [0.3, 0.4) is 0 Å². The number of rotatable bonds is 3. The lowest BCUT2D eigenvalue weighted by molar-refractivity contribution is 0.112. The molecule has 0 aliphatic heterocycles. The van der Waals surface area contributed by atoms with Crippen molar-refractivity contribution in [2.24, 2.45) is 0 Å². The Kier molecular flexibility index (Phi) is 3.10. The third-order valence-electron chi connectivity index (χ3n) is 2.67. The number of aldehydes is 1. The zero-order valence-corrected chi connectivity index (χ0v) is 9.50. The second-order valence-electron chi connectivity index (χ2n) is 3.76. The fourth-order valence-electron chi connectivity index (χ4n) is 1.65. The maximum atomic E-state index is 10.8. The van der Waals surface area contributed by atoms with Gasteiger partial charge in [0.2, 0.25) is 0 Å². The van der Waals surface area contributed by atoms with Gasteiger partial charge in [-0.2, -0.15) is 0 Å². The van der Waals surface area contributed by atoms with Crippen LogP contribution < -0.4 is 4.90 Å². The average Bonchev–Trinajstić information content (AvgIpc) is 2.39. The van der Waals surface area contributed by atoms with Crippen molar-refractivity contribution in [3.63, 3.8) is 0 Å². The van der Waals surface area contributed by atoms with Crippen molar-refractivity contribution < 1.29 is 9.90 Å². The molecule has 0 amide bonds. The van der Waals surface area contributed by atoms with E-state index in [4.69, 9.17) is 0 Å². The van der Waals surface area contributed by atoms with E-state index in [1.807, 2.05) is 42.3 Å². The van der Waals surface area contributed by atoms with E-state index in [1.54, 1.807) is 12.1 Å². The summed E-state index contributed by atoms with van der Waals surface area (Å²) in [7, 11) is 1.91. The Morgan fingerprint density at radius 2 is 1.76 bits per heavy atom. The monoisotopic (exact) mass is 227 g/mol. The summed E-state index contributed by atoms with van der Waals surface area (Å²) >= 11 is 0. The van der Waals surface area contributed by atoms with Gasteiger partial charge in [0.1, 0.15) is 5.75 Å². The van der Waals surface area contributed by atoms with E-state index in [-0.39, 0.29) is 5.75 Å². The summed E-state index contributed by atoms with van der Waals surface area (Å²) in [5.41, 5.74) is 2.18. The number of carbonyl (C=O) groups is 1. The highest BCUT2D eigenvalue weighted by atomic mass is 16.3. The number of aromatic hydroxyl groups is 1. The zero-order chi connectivity index (χ0) is 12.3. The maximum absolute atomic E-state index is 10.8. The minimum atomic E-state index is 0.00483. The van der Waals surface area contributed by atoms with Crippen LogP contribution in [-0.2, 0) is 0 Å². The largest absolute Gasteiger partial charge is 0.507 e. The Labute approximate surface area is 99.9 Å². The maximum Gasteiger partial charge on any atom is 0.153 e. The summed E-state index contributed by atoms with van der Waals surface area (Å²) in [5.74, 6) is 0.00483. The molecule has 0 fully saturated rings. The van der Waals surface area contributed by atoms with Crippen LogP contribution in [0.1, 0.15) is 10.4 Å². The number of benzene rings is 2. The number of nitrogens with zero attached hydrogens (tertiary/aromatic N) is 1. The first kappa shape index (κ1) is 11.2. The molecule has 0 spiro atoms. The molecule has 0 atom stereocenters. The molecule has 0 aliphatic rings. The molecular weight excluding hydrogens is 214 g/mol. The molecule has 0 radical (unpaired) electrons. The van der Waals surface area contributed by atoms with Crippen molar-refractivity contribution in [3.8, 4) is 5.75 Å². The van der Waals surface area contributed by atoms with Crippen LogP contribution in [0.5, 0.6) is 5.75 Å². The van der Waals surface area contributed by atoms with Crippen molar-refractivity contribution >= 4 is 17.7 Å². The van der Waals surface area contributed by atoms with Crippen molar-refractivity contribution in [1.29, 1.82) is 0 Å². The second kappa shape index (κ2) is 4.70. The van der Waals surface area contributed by atoms with Crippen LogP contribution in [0, 0.1) is 0 Å². The molecule has 1 N–H and O–H groups in total. The molecule has 0 aromatic heterocycles. The molecule has 2 rings (SSSR count). The Balaban J connectivity index is 2.38. The molecule has 0 saturated carbocycles. The van der Waals surface area contributed by atoms with Gasteiger partial charge in [0, 0.05) is 18.4 Å². The summed E-state index contributed by atoms with van der Waals surface area (Å²) in [6.07, 6.45) is 0.650. The van der Waals surface area contributed by atoms with Gasteiger partial charge in [0.05, 0.1) is 5.56 Å². The van der Waals surface area contributed by atoms with Crippen LogP contribution in [0.25, 0.3) is 0 Å². The fourth-order valence-corrected chi connectivity index (χ4v) is 1.65. The molecule has 86 valence electrons. The van der Waals surface area contributed by atoms with E-state index >= 15 is 0 Å². The molecule has 0 aliphatic carbocycles. The predicted octanol–water partition coefficient (Wildman–Crippen LogP) is 2.97. The Morgan fingerprint density at radius 3 is 2.41 bits per heavy atom. The van der Waals surface area contributed by atoms with Gasteiger partial charge in [-0.05, 0) is 30.3 Å². The van der Waals surface area contributed by atoms with Gasteiger partial charge in [-0.1, -0.05) is 18.2 Å². The van der Waals surface area contributed by atoms with Crippen molar-refractivity contribution in [1.82, 2.24) is 0 Å². The highest BCUT2D eigenvalue weighted by Gasteiger charge is 2.06. The van der Waals surface area contributed by atoms with E-state index < -0.39 is 0 Å². The molecule has 3 nitrogen and oxygen atoms in total. The van der Waals surface area contributed by atoms with Gasteiger partial charge in [0.15, 0.2) is 6.29 Å². The SMILES string of the molecule is CN(c1ccccc1)c1ccc(O)c(C=O)c1. The predicted molar refractivity (Wildman–Crippen MR) is 68.0 cm³/mol. The lowest BCUT2D eigenvalue weighted by Gasteiger charge is -2.19. The second-order valence-corrected chi connectivity index (χ2v) is 3.76. The smallest absolute Gasteiger partial charge is 0.153 e. The van der Waals surface area contributed by atoms with Crippen molar-refractivity contribution in [3.05, 3.63) is 54.1 Å². The number of hydrogen-bond donors (Lipinski definition) is 1. The standard InChI is InChI=1S/C14H13NO2/c1-15(12-5-3-2-4-6-12)13-7-8-14(17)11(9-13)10-16/h2-10,17H,1H3. The number of phenols is 1. The number of carbonyl (C=O) groups excluding carboxylic acids is 1. The summed E-state index contributed by atoms with van der Waals surface area (Å²) in [6.45, 7) is 0. The van der Waals surface area contributed by atoms with Gasteiger partial charge < -0.3 is 10.0 Å². The van der Waals surface area contributed by atoms with Gasteiger partial charge >= 0.3 is 0 Å². The van der Waals surface area contributed by atoms with E-state index in [0.717, 1.165) is 11.4 Å². The van der Waals surface area contributed by atoms with Gasteiger partial charge in [0.25, 0.3) is 0 Å². The third kappa shape index (κ3) is 2.28. The number of hydrogen-bond acceptors (Lipinski definition) is 3. The van der Waals surface area contributed by atoms with Gasteiger partial charge in [-0.3, -0.25) is 4.79 Å². The van der Waals surface area contributed by atoms with Crippen LogP contribution in [-0.4, -0.2) is 18.4 Å². The van der Waals surface area contributed by atoms with Crippen LogP contribution in [0.2, 0.25) is 0 Å². The number of anilines is 2. The fraction of sp³-hybridized carbons (Fsp3) is 0.0714. The van der Waals surface area contributed by atoms with E-state index in [1.165, 1.54) is 6.07 Å². The lowest BCUT2D eigenvalue weighted by Crippen LogP contribution is -2.09. The Hall–Kier alpha value is -2.29. The molecule has 0 bridgehead atoms. The van der Waals surface area contributed by atoms with Crippen molar-refractivity contribution in [2.75, 3.05) is 11.9 Å². The third-order valence-corrected chi connectivity index (χ3v) is 2.67. The first-order chi connectivity index (χ1) is 8.22. The minimum Gasteiger partial charge on any atom is -0.507 e. The first-order valence-corrected chi connectivity index (χ1v) is 5.29. The average molecular weight is 227 g/mol. The van der Waals surface area contributed by atoms with Crippen LogP contribution in [0.15, 0.2) is 48.5 Å². The summed E-state index contributed by atoms with van der Waals surface area (Å²) in [6, 6.07) is 14.8. The topological polar surface area (TPSA) is 40.5 Å². The minimum absolute atomic E-state index is 0.00483. The highest BCUT2D eigenvalue weighted by Crippen LogP contribution is 2.27. The molecule has 2 aromatic rings. The lowest BCUT2D eigenvalue weighted by atomic mass is 10.1. The molecule has 0 saturated heterocycles. The number of phenolic OH excluding ortho intramolecular Hbond substituents is 1. The summed E-state index contributed by atoms with van der Waals surface area (Å²) in [5, 5.41) is 9.44. The van der Waals surface area contributed by atoms with Crippen LogP contribution >= 0.6 is 0 Å². The van der Waals surface area contributed by atoms with Gasteiger partial charge in [-0.25, -0.2) is 0 Å².